The Morgan fingerprint density at radius 3 is 2.79 bits per heavy atom. The van der Waals surface area contributed by atoms with Gasteiger partial charge in [-0.05, 0) is 18.2 Å². The Hall–Kier alpha value is -2.00. The van der Waals surface area contributed by atoms with Gasteiger partial charge in [0.05, 0.1) is 37.7 Å². The Bertz CT molecular complexity index is 627. The minimum Gasteiger partial charge on any atom is -0.442 e. The van der Waals surface area contributed by atoms with Gasteiger partial charge in [-0.2, -0.15) is 0 Å². The van der Waals surface area contributed by atoms with Crippen molar-refractivity contribution in [2.75, 3.05) is 49.2 Å². The smallest absolute Gasteiger partial charge is 0.414 e. The third-order valence-corrected chi connectivity index (χ3v) is 4.24. The quantitative estimate of drug-likeness (QED) is 0.637. The summed E-state index contributed by atoms with van der Waals surface area (Å²) in [6, 6.07) is 4.68. The largest absolute Gasteiger partial charge is 0.442 e. The van der Waals surface area contributed by atoms with Crippen molar-refractivity contribution in [3.8, 4) is 0 Å². The lowest BCUT2D eigenvalue weighted by Crippen LogP contribution is -2.36. The summed E-state index contributed by atoms with van der Waals surface area (Å²) in [6.07, 6.45) is -0.524. The van der Waals surface area contributed by atoms with Crippen LogP contribution in [-0.2, 0) is 14.3 Å². The molecule has 24 heavy (non-hydrogen) atoms. The molecule has 0 bridgehead atoms. The molecule has 9 heteroatoms. The van der Waals surface area contributed by atoms with Crippen LogP contribution in [0.3, 0.4) is 0 Å². The molecule has 0 N–H and O–H groups in total. The summed E-state index contributed by atoms with van der Waals surface area (Å²) < 4.78 is 26.0. The second kappa shape index (κ2) is 7.27. The minimum atomic E-state index is -0.564. The van der Waals surface area contributed by atoms with Gasteiger partial charge in [-0.1, -0.05) is 12.8 Å². The summed E-state index contributed by atoms with van der Waals surface area (Å²) in [5.74, 6) is -0.394. The number of amides is 2. The number of nitrogens with zero attached hydrogens (tertiary/aromatic N) is 3. The highest BCUT2D eigenvalue weighted by molar-refractivity contribution is 7.78. The van der Waals surface area contributed by atoms with Crippen LogP contribution in [0, 0.1) is 5.82 Å². The number of halogens is 1. The topological polar surface area (TPSA) is 62.3 Å². The molecule has 7 nitrogen and oxygen atoms in total. The Kier molecular flexibility index (Phi) is 5.10. The second-order valence-corrected chi connectivity index (χ2v) is 6.09. The van der Waals surface area contributed by atoms with Crippen LogP contribution in [-0.4, -0.2) is 62.3 Å². The number of benzene rings is 1. The number of rotatable bonds is 5. The molecule has 0 radical (unpaired) electrons. The van der Waals surface area contributed by atoms with E-state index in [0.717, 1.165) is 4.31 Å². The first-order chi connectivity index (χ1) is 11.6. The van der Waals surface area contributed by atoms with Crippen LogP contribution in [0.5, 0.6) is 0 Å². The van der Waals surface area contributed by atoms with E-state index in [9.17, 15) is 14.0 Å². The Morgan fingerprint density at radius 1 is 1.38 bits per heavy atom. The monoisotopic (exact) mass is 355 g/mol. The van der Waals surface area contributed by atoms with E-state index in [2.05, 4.69) is 12.8 Å². The van der Waals surface area contributed by atoms with Crippen molar-refractivity contribution in [3.05, 3.63) is 24.0 Å². The van der Waals surface area contributed by atoms with E-state index >= 15 is 0 Å². The molecule has 0 saturated carbocycles. The number of thiol groups is 1. The summed E-state index contributed by atoms with van der Waals surface area (Å²) in [4.78, 5) is 25.8. The van der Waals surface area contributed by atoms with Crippen molar-refractivity contribution in [1.29, 1.82) is 0 Å². The molecule has 1 aromatic rings. The number of hydrogen-bond acceptors (Lipinski definition) is 6. The Balaban J connectivity index is 1.71. The maximum atomic E-state index is 14.4. The average Bonchev–Trinajstić information content (AvgIpc) is 2.95. The van der Waals surface area contributed by atoms with Crippen LogP contribution < -0.4 is 9.80 Å². The van der Waals surface area contributed by atoms with Crippen molar-refractivity contribution in [1.82, 2.24) is 4.31 Å². The molecule has 130 valence electrons. The van der Waals surface area contributed by atoms with E-state index in [4.69, 9.17) is 9.47 Å². The molecule has 0 spiro atoms. The number of morpholine rings is 1. The van der Waals surface area contributed by atoms with E-state index in [1.807, 2.05) is 4.90 Å². The molecule has 2 amide bonds. The molecule has 0 aliphatic carbocycles. The van der Waals surface area contributed by atoms with Crippen molar-refractivity contribution < 1.29 is 23.5 Å². The second-order valence-electron chi connectivity index (χ2n) is 5.58. The maximum absolute atomic E-state index is 14.4. The van der Waals surface area contributed by atoms with Gasteiger partial charge in [0.2, 0.25) is 6.41 Å². The maximum Gasteiger partial charge on any atom is 0.414 e. The molecule has 2 saturated heterocycles. The Labute approximate surface area is 144 Å². The molecule has 2 heterocycles. The van der Waals surface area contributed by atoms with Gasteiger partial charge in [0, 0.05) is 13.1 Å². The fraction of sp³-hybridized carbons (Fsp3) is 0.467. The van der Waals surface area contributed by atoms with Crippen molar-refractivity contribution >= 4 is 36.7 Å². The SMILES string of the molecule is O=CN(S)CC1CN(c2ccc(N3CCOCC3)c(F)c2)C(=O)O1. The summed E-state index contributed by atoms with van der Waals surface area (Å²) in [5, 5.41) is 0. The zero-order chi connectivity index (χ0) is 17.1. The summed E-state index contributed by atoms with van der Waals surface area (Å²) in [5.41, 5.74) is 0.919. The van der Waals surface area contributed by atoms with E-state index in [1.54, 1.807) is 12.1 Å². The molecular formula is C15H18FN3O4S. The van der Waals surface area contributed by atoms with Gasteiger partial charge in [0.15, 0.2) is 0 Å². The van der Waals surface area contributed by atoms with Gasteiger partial charge in [0.25, 0.3) is 0 Å². The highest BCUT2D eigenvalue weighted by Gasteiger charge is 2.33. The summed E-state index contributed by atoms with van der Waals surface area (Å²) >= 11 is 3.92. The van der Waals surface area contributed by atoms with Crippen molar-refractivity contribution in [3.63, 3.8) is 0 Å². The van der Waals surface area contributed by atoms with Crippen LogP contribution in [0.4, 0.5) is 20.6 Å². The molecule has 0 aromatic heterocycles. The predicted octanol–water partition coefficient (Wildman–Crippen LogP) is 1.29. The first-order valence-corrected chi connectivity index (χ1v) is 7.99. The van der Waals surface area contributed by atoms with Crippen LogP contribution in [0.1, 0.15) is 0 Å². The number of carbonyl (C=O) groups is 2. The van der Waals surface area contributed by atoms with Crippen molar-refractivity contribution in [2.24, 2.45) is 0 Å². The fourth-order valence-electron chi connectivity index (χ4n) is 2.80. The predicted molar refractivity (Wildman–Crippen MR) is 88.8 cm³/mol. The van der Waals surface area contributed by atoms with Gasteiger partial charge >= 0.3 is 6.09 Å². The summed E-state index contributed by atoms with van der Waals surface area (Å²) in [6.45, 7) is 2.81. The van der Waals surface area contributed by atoms with E-state index in [1.165, 1.54) is 11.0 Å². The molecule has 2 fully saturated rings. The van der Waals surface area contributed by atoms with Gasteiger partial charge in [0.1, 0.15) is 11.9 Å². The standard InChI is InChI=1S/C15H18FN3O4S/c16-13-7-11(1-2-14(13)17-3-5-22-6-4-17)19-9-12(23-15(19)21)8-18(24)10-20/h1-2,7,10,12,24H,3-6,8-9H2. The molecule has 3 rings (SSSR count). The van der Waals surface area contributed by atoms with E-state index in [0.29, 0.717) is 44.1 Å². The highest BCUT2D eigenvalue weighted by Crippen LogP contribution is 2.28. The molecule has 1 atom stereocenters. The molecule has 1 aromatic carbocycles. The zero-order valence-corrected chi connectivity index (χ0v) is 13.8. The van der Waals surface area contributed by atoms with Crippen LogP contribution >= 0.6 is 12.8 Å². The van der Waals surface area contributed by atoms with Crippen molar-refractivity contribution in [2.45, 2.75) is 6.10 Å². The lowest BCUT2D eigenvalue weighted by molar-refractivity contribution is -0.114. The lowest BCUT2D eigenvalue weighted by Gasteiger charge is -2.29. The first-order valence-electron chi connectivity index (χ1n) is 7.59. The van der Waals surface area contributed by atoms with Gasteiger partial charge in [-0.3, -0.25) is 14.0 Å². The van der Waals surface area contributed by atoms with Gasteiger partial charge in [-0.25, -0.2) is 9.18 Å². The van der Waals surface area contributed by atoms with Gasteiger partial charge < -0.3 is 14.4 Å². The van der Waals surface area contributed by atoms with Crippen LogP contribution in [0.15, 0.2) is 18.2 Å². The third kappa shape index (κ3) is 3.57. The summed E-state index contributed by atoms with van der Waals surface area (Å²) in [7, 11) is 0. The minimum absolute atomic E-state index is 0.170. The fourth-order valence-corrected chi connectivity index (χ4v) is 2.99. The molecular weight excluding hydrogens is 337 g/mol. The number of ether oxygens (including phenoxy) is 2. The van der Waals surface area contributed by atoms with E-state index in [-0.39, 0.29) is 13.1 Å². The third-order valence-electron chi connectivity index (χ3n) is 3.98. The van der Waals surface area contributed by atoms with Gasteiger partial charge in [-0.15, -0.1) is 0 Å². The molecule has 1 unspecified atom stereocenters. The number of anilines is 2. The van der Waals surface area contributed by atoms with Crippen LogP contribution in [0.2, 0.25) is 0 Å². The van der Waals surface area contributed by atoms with Crippen LogP contribution in [0.25, 0.3) is 0 Å². The zero-order valence-electron chi connectivity index (χ0n) is 12.9. The highest BCUT2D eigenvalue weighted by atomic mass is 32.1. The van der Waals surface area contributed by atoms with E-state index < -0.39 is 18.0 Å². The number of hydrogen-bond donors (Lipinski definition) is 1. The molecule has 2 aliphatic rings. The molecule has 2 aliphatic heterocycles. The Morgan fingerprint density at radius 2 is 2.12 bits per heavy atom. The normalized spacial score (nSPS) is 20.9. The lowest BCUT2D eigenvalue weighted by atomic mass is 10.2. The number of carbonyl (C=O) groups excluding carboxylic acids is 2. The average molecular weight is 355 g/mol. The first kappa shape index (κ1) is 16.8. The number of cyclic esters (lactones) is 1.